The molecule has 0 N–H and O–H groups in total. The largest absolute Gasteiger partial charge is 0.422 e. The number of allylic oxidation sites excluding steroid dienone is 1. The minimum atomic E-state index is -3.38. The van der Waals surface area contributed by atoms with E-state index in [4.69, 9.17) is 4.74 Å². The molecule has 0 spiro atoms. The van der Waals surface area contributed by atoms with Gasteiger partial charge in [-0.1, -0.05) is 66.7 Å². The van der Waals surface area contributed by atoms with Gasteiger partial charge in [0.1, 0.15) is 11.6 Å². The van der Waals surface area contributed by atoms with Crippen molar-refractivity contribution in [3.8, 4) is 0 Å². The van der Waals surface area contributed by atoms with Gasteiger partial charge < -0.3 is 4.74 Å². The number of sulfone groups is 1. The highest BCUT2D eigenvalue weighted by atomic mass is 32.2. The van der Waals surface area contributed by atoms with Crippen LogP contribution in [0.25, 0.3) is 28.0 Å². The summed E-state index contributed by atoms with van der Waals surface area (Å²) in [7, 11) is -3.38. The highest BCUT2D eigenvalue weighted by Crippen LogP contribution is 2.41. The zero-order chi connectivity index (χ0) is 23.9. The second kappa shape index (κ2) is 8.39. The number of hydrogen-bond acceptors (Lipinski definition) is 4. The number of ether oxygens (including phenoxy) is 1. The molecular formula is C28H19FO4S. The lowest BCUT2D eigenvalue weighted by Gasteiger charge is -2.09. The van der Waals surface area contributed by atoms with Gasteiger partial charge >= 0.3 is 5.97 Å². The number of benzene rings is 4. The van der Waals surface area contributed by atoms with Crippen molar-refractivity contribution >= 4 is 43.8 Å². The van der Waals surface area contributed by atoms with Crippen LogP contribution in [0.15, 0.2) is 102 Å². The van der Waals surface area contributed by atoms with Gasteiger partial charge in [0.15, 0.2) is 9.84 Å². The van der Waals surface area contributed by atoms with Crippen LogP contribution in [0.2, 0.25) is 0 Å². The number of carbonyl (C=O) groups excluding carboxylic acids is 1. The minimum absolute atomic E-state index is 0.171. The fourth-order valence-electron chi connectivity index (χ4n) is 4.08. The van der Waals surface area contributed by atoms with Gasteiger partial charge in [-0.2, -0.15) is 0 Å². The monoisotopic (exact) mass is 470 g/mol. The highest BCUT2D eigenvalue weighted by Gasteiger charge is 2.32. The van der Waals surface area contributed by atoms with E-state index in [1.165, 1.54) is 36.4 Å². The predicted octanol–water partition coefficient (Wildman–Crippen LogP) is 5.89. The number of carbonyl (C=O) groups is 1. The van der Waals surface area contributed by atoms with E-state index in [9.17, 15) is 17.6 Å². The number of rotatable bonds is 4. The van der Waals surface area contributed by atoms with Gasteiger partial charge in [-0.15, -0.1) is 0 Å². The zero-order valence-corrected chi connectivity index (χ0v) is 19.0. The predicted molar refractivity (Wildman–Crippen MR) is 131 cm³/mol. The Morgan fingerprint density at radius 1 is 0.765 bits per heavy atom. The molecule has 0 aliphatic carbocycles. The maximum Gasteiger partial charge on any atom is 0.344 e. The van der Waals surface area contributed by atoms with Gasteiger partial charge in [-0.05, 0) is 57.8 Å². The van der Waals surface area contributed by atoms with Crippen LogP contribution in [0.3, 0.4) is 0 Å². The Hall–Kier alpha value is -4.03. The maximum absolute atomic E-state index is 13.6. The van der Waals surface area contributed by atoms with Crippen LogP contribution in [0.5, 0.6) is 0 Å². The molecule has 0 radical (unpaired) electrons. The summed E-state index contributed by atoms with van der Waals surface area (Å²) in [5.74, 6) is -0.630. The van der Waals surface area contributed by atoms with E-state index in [2.05, 4.69) is 0 Å². The smallest absolute Gasteiger partial charge is 0.344 e. The Kier molecular flexibility index (Phi) is 5.38. The van der Waals surface area contributed by atoms with Crippen molar-refractivity contribution < 1.29 is 22.3 Å². The van der Waals surface area contributed by atoms with Gasteiger partial charge in [0.05, 0.1) is 10.5 Å². The van der Waals surface area contributed by atoms with E-state index in [0.717, 1.165) is 22.6 Å². The van der Waals surface area contributed by atoms with Gasteiger partial charge in [0, 0.05) is 11.8 Å². The van der Waals surface area contributed by atoms with Crippen molar-refractivity contribution in [3.63, 3.8) is 0 Å². The quantitative estimate of drug-likeness (QED) is 0.349. The average molecular weight is 471 g/mol. The summed E-state index contributed by atoms with van der Waals surface area (Å²) in [6, 6.07) is 25.7. The molecule has 0 saturated carbocycles. The first-order valence-corrected chi connectivity index (χ1v) is 12.4. The summed E-state index contributed by atoms with van der Waals surface area (Å²) in [4.78, 5) is 13.2. The van der Waals surface area contributed by atoms with Crippen LogP contribution < -0.4 is 0 Å². The Morgan fingerprint density at radius 2 is 1.38 bits per heavy atom. The van der Waals surface area contributed by atoms with Gasteiger partial charge in [0.2, 0.25) is 0 Å². The van der Waals surface area contributed by atoms with Gasteiger partial charge in [0.25, 0.3) is 0 Å². The first-order valence-electron chi connectivity index (χ1n) is 10.5. The van der Waals surface area contributed by atoms with Crippen LogP contribution >= 0.6 is 0 Å². The van der Waals surface area contributed by atoms with E-state index >= 15 is 0 Å². The van der Waals surface area contributed by atoms with Crippen LogP contribution in [-0.2, 0) is 19.4 Å². The molecule has 4 nitrogen and oxygen atoms in total. The van der Waals surface area contributed by atoms with Crippen molar-refractivity contribution in [1.29, 1.82) is 0 Å². The van der Waals surface area contributed by atoms with Crippen LogP contribution in [0.4, 0.5) is 4.39 Å². The molecule has 0 unspecified atom stereocenters. The number of fused-ring (bicyclic) bond motifs is 1. The summed E-state index contributed by atoms with van der Waals surface area (Å²) in [5, 5.41) is 2.04. The molecule has 0 aromatic heterocycles. The number of hydrogen-bond donors (Lipinski definition) is 0. The molecule has 1 aliphatic heterocycles. The van der Waals surface area contributed by atoms with Crippen LogP contribution in [-0.4, -0.2) is 20.6 Å². The zero-order valence-electron chi connectivity index (χ0n) is 18.2. The number of cyclic esters (lactones) is 1. The van der Waals surface area contributed by atoms with Crippen LogP contribution in [0, 0.1) is 5.82 Å². The average Bonchev–Trinajstić information content (AvgIpc) is 3.15. The molecule has 1 aliphatic rings. The molecule has 4 aromatic rings. The molecule has 0 amide bonds. The summed E-state index contributed by atoms with van der Waals surface area (Å²) in [5.41, 5.74) is 2.80. The fourth-order valence-corrected chi connectivity index (χ4v) is 4.71. The third-order valence-corrected chi connectivity index (χ3v) is 6.85. The first-order chi connectivity index (χ1) is 16.3. The second-order valence-electron chi connectivity index (χ2n) is 8.02. The normalized spacial score (nSPS) is 15.2. The third kappa shape index (κ3) is 4.04. The molecule has 1 heterocycles. The molecular weight excluding hydrogens is 451 g/mol. The van der Waals surface area contributed by atoms with Crippen molar-refractivity contribution in [2.45, 2.75) is 4.90 Å². The fraction of sp³-hybridized carbons (Fsp3) is 0.0357. The Balaban J connectivity index is 1.74. The molecule has 0 fully saturated rings. The van der Waals surface area contributed by atoms with E-state index in [1.54, 1.807) is 18.2 Å². The van der Waals surface area contributed by atoms with Crippen molar-refractivity contribution in [2.75, 3.05) is 6.26 Å². The van der Waals surface area contributed by atoms with E-state index in [1.807, 2.05) is 42.5 Å². The van der Waals surface area contributed by atoms with Crippen molar-refractivity contribution in [2.24, 2.45) is 0 Å². The van der Waals surface area contributed by atoms with Crippen LogP contribution in [0.1, 0.15) is 16.7 Å². The molecule has 4 aromatic carbocycles. The summed E-state index contributed by atoms with van der Waals surface area (Å²) in [6.45, 7) is 0. The Labute approximate surface area is 196 Å². The van der Waals surface area contributed by atoms with E-state index in [0.29, 0.717) is 28.0 Å². The SMILES string of the molecule is CS(=O)(=O)c1ccc(C2=C(c3ccc(F)cc3)C(=O)O/C2=C\c2cccc3ccccc23)cc1. The van der Waals surface area contributed by atoms with Crippen molar-refractivity contribution in [1.82, 2.24) is 0 Å². The summed E-state index contributed by atoms with van der Waals surface area (Å²) >= 11 is 0. The molecule has 0 saturated heterocycles. The lowest BCUT2D eigenvalue weighted by Crippen LogP contribution is -1.98. The third-order valence-electron chi connectivity index (χ3n) is 5.72. The molecule has 0 bridgehead atoms. The maximum atomic E-state index is 13.6. The molecule has 168 valence electrons. The lowest BCUT2D eigenvalue weighted by molar-refractivity contribution is -0.131. The first kappa shape index (κ1) is 21.8. The molecule has 5 rings (SSSR count). The topological polar surface area (TPSA) is 60.4 Å². The molecule has 6 heteroatoms. The summed E-state index contributed by atoms with van der Waals surface area (Å²) in [6.07, 6.45) is 2.94. The number of esters is 1. The second-order valence-corrected chi connectivity index (χ2v) is 10.0. The molecule has 34 heavy (non-hydrogen) atoms. The van der Waals surface area contributed by atoms with Crippen molar-refractivity contribution in [3.05, 3.63) is 119 Å². The highest BCUT2D eigenvalue weighted by molar-refractivity contribution is 7.90. The van der Waals surface area contributed by atoms with E-state index < -0.39 is 21.6 Å². The summed E-state index contributed by atoms with van der Waals surface area (Å²) < 4.78 is 43.1. The van der Waals surface area contributed by atoms with Gasteiger partial charge in [-0.3, -0.25) is 0 Å². The standard InChI is InChI=1S/C28H19FO4S/c1-34(31,32)23-15-11-19(12-16-23)26-25(17-21-7-4-6-18-5-2-3-8-24(18)21)33-28(30)27(26)20-9-13-22(29)14-10-20/h2-17H,1H3/b25-17-. The lowest BCUT2D eigenvalue weighted by atomic mass is 9.94. The molecule has 0 atom stereocenters. The minimum Gasteiger partial charge on any atom is -0.422 e. The number of halogens is 1. The van der Waals surface area contributed by atoms with E-state index in [-0.39, 0.29) is 4.90 Å². The van der Waals surface area contributed by atoms with Gasteiger partial charge in [-0.25, -0.2) is 17.6 Å². The Morgan fingerprint density at radius 3 is 2.09 bits per heavy atom. The Bertz CT molecular complexity index is 1590.